The minimum Gasteiger partial charge on any atom is -0.450 e. The molecule has 0 saturated carbocycles. The molecule has 9 heteroatoms. The van der Waals surface area contributed by atoms with Crippen molar-refractivity contribution >= 4 is 28.1 Å². The molecule has 2 fully saturated rings. The van der Waals surface area contributed by atoms with Crippen molar-refractivity contribution in [1.29, 1.82) is 0 Å². The highest BCUT2D eigenvalue weighted by Gasteiger charge is 2.25. The van der Waals surface area contributed by atoms with Gasteiger partial charge in [0, 0.05) is 45.3 Å². The van der Waals surface area contributed by atoms with Crippen LogP contribution in [-0.2, 0) is 19.6 Å². The molecule has 2 aliphatic heterocycles. The lowest BCUT2D eigenvalue weighted by Gasteiger charge is -2.33. The second-order valence-electron chi connectivity index (χ2n) is 7.73. The van der Waals surface area contributed by atoms with E-state index < -0.39 is 10.0 Å². The van der Waals surface area contributed by atoms with E-state index in [0.717, 1.165) is 31.2 Å². The number of hydrogen-bond donors (Lipinski definition) is 0. The molecule has 0 radical (unpaired) electrons. The quantitative estimate of drug-likeness (QED) is 0.645. The van der Waals surface area contributed by atoms with Gasteiger partial charge < -0.3 is 14.5 Å². The number of carbonyl (C=O) groups excluding carboxylic acids is 2. The molecule has 0 unspecified atom stereocenters. The van der Waals surface area contributed by atoms with Gasteiger partial charge in [0.1, 0.15) is 0 Å². The molecule has 0 bridgehead atoms. The average Bonchev–Trinajstić information content (AvgIpc) is 3.08. The number of benzene rings is 1. The summed E-state index contributed by atoms with van der Waals surface area (Å²) >= 11 is 0. The molecule has 1 aromatic rings. The highest BCUT2D eigenvalue weighted by Crippen LogP contribution is 2.21. The SMILES string of the molecule is CCOC(=O)N1CCN(C(=O)C=Cc2ccc(S(=O)(=O)N3CCCCCC3)cc2)CC1. The van der Waals surface area contributed by atoms with Crippen LogP contribution < -0.4 is 0 Å². The summed E-state index contributed by atoms with van der Waals surface area (Å²) < 4.78 is 32.3. The van der Waals surface area contributed by atoms with Crippen LogP contribution in [0.4, 0.5) is 4.79 Å². The van der Waals surface area contributed by atoms with Crippen molar-refractivity contribution < 1.29 is 22.7 Å². The van der Waals surface area contributed by atoms with E-state index in [1.807, 2.05) is 0 Å². The Balaban J connectivity index is 1.56. The van der Waals surface area contributed by atoms with Gasteiger partial charge in [-0.05, 0) is 43.5 Å². The minimum absolute atomic E-state index is 0.134. The minimum atomic E-state index is -3.48. The number of carbonyl (C=O) groups is 2. The molecule has 0 aromatic heterocycles. The Labute approximate surface area is 184 Å². The lowest BCUT2D eigenvalue weighted by molar-refractivity contribution is -0.127. The van der Waals surface area contributed by atoms with Gasteiger partial charge >= 0.3 is 6.09 Å². The fraction of sp³-hybridized carbons (Fsp3) is 0.545. The Morgan fingerprint density at radius 2 is 1.48 bits per heavy atom. The third-order valence-electron chi connectivity index (χ3n) is 5.62. The summed E-state index contributed by atoms with van der Waals surface area (Å²) in [7, 11) is -3.48. The van der Waals surface area contributed by atoms with Gasteiger partial charge in [-0.25, -0.2) is 13.2 Å². The fourth-order valence-corrected chi connectivity index (χ4v) is 5.30. The molecule has 0 aliphatic carbocycles. The first-order valence-corrected chi connectivity index (χ1v) is 12.3. The van der Waals surface area contributed by atoms with Crippen LogP contribution in [0.2, 0.25) is 0 Å². The van der Waals surface area contributed by atoms with Crippen LogP contribution in [0.5, 0.6) is 0 Å². The molecule has 3 rings (SSSR count). The zero-order valence-electron chi connectivity index (χ0n) is 18.0. The standard InChI is InChI=1S/C22H31N3O5S/c1-2-30-22(27)24-17-15-23(16-18-24)21(26)12-9-19-7-10-20(11-8-19)31(28,29)25-13-5-3-4-6-14-25/h7-12H,2-6,13-18H2,1H3. The Morgan fingerprint density at radius 1 is 0.903 bits per heavy atom. The van der Waals surface area contributed by atoms with Crippen LogP contribution in [0, 0.1) is 0 Å². The summed E-state index contributed by atoms with van der Waals surface area (Å²) in [6, 6.07) is 6.63. The van der Waals surface area contributed by atoms with Gasteiger partial charge in [-0.2, -0.15) is 4.31 Å². The van der Waals surface area contributed by atoms with E-state index >= 15 is 0 Å². The van der Waals surface area contributed by atoms with Crippen molar-refractivity contribution in [3.63, 3.8) is 0 Å². The first-order chi connectivity index (χ1) is 14.9. The lowest BCUT2D eigenvalue weighted by atomic mass is 10.2. The van der Waals surface area contributed by atoms with E-state index in [0.29, 0.717) is 45.9 Å². The predicted molar refractivity (Wildman–Crippen MR) is 118 cm³/mol. The zero-order valence-corrected chi connectivity index (χ0v) is 18.8. The van der Waals surface area contributed by atoms with Crippen molar-refractivity contribution in [3.8, 4) is 0 Å². The van der Waals surface area contributed by atoms with E-state index in [1.165, 1.54) is 6.08 Å². The van der Waals surface area contributed by atoms with Crippen molar-refractivity contribution in [1.82, 2.24) is 14.1 Å². The number of hydrogen-bond acceptors (Lipinski definition) is 5. The van der Waals surface area contributed by atoms with Crippen LogP contribution in [-0.4, -0.2) is 80.4 Å². The lowest BCUT2D eigenvalue weighted by Crippen LogP contribution is -2.50. The molecular formula is C22H31N3O5S. The highest BCUT2D eigenvalue weighted by molar-refractivity contribution is 7.89. The molecule has 2 aliphatic rings. The van der Waals surface area contributed by atoms with Crippen molar-refractivity contribution in [2.75, 3.05) is 45.9 Å². The molecule has 170 valence electrons. The summed E-state index contributed by atoms with van der Waals surface area (Å²) in [6.07, 6.45) is 6.76. The Bertz CT molecular complexity index is 882. The molecule has 1 aromatic carbocycles. The first kappa shape index (κ1) is 23.3. The highest BCUT2D eigenvalue weighted by atomic mass is 32.2. The van der Waals surface area contributed by atoms with E-state index in [4.69, 9.17) is 4.74 Å². The van der Waals surface area contributed by atoms with Crippen molar-refractivity contribution in [3.05, 3.63) is 35.9 Å². The second-order valence-corrected chi connectivity index (χ2v) is 9.67. The van der Waals surface area contributed by atoms with E-state index in [1.54, 1.807) is 51.4 Å². The molecule has 0 spiro atoms. The summed E-state index contributed by atoms with van der Waals surface area (Å²) in [5.74, 6) is -0.134. The van der Waals surface area contributed by atoms with Gasteiger partial charge in [0.2, 0.25) is 15.9 Å². The van der Waals surface area contributed by atoms with Gasteiger partial charge in [-0.3, -0.25) is 4.79 Å². The number of rotatable bonds is 5. The van der Waals surface area contributed by atoms with Gasteiger partial charge in [0.25, 0.3) is 0 Å². The molecular weight excluding hydrogens is 418 g/mol. The molecule has 2 saturated heterocycles. The van der Waals surface area contributed by atoms with Crippen LogP contribution in [0.3, 0.4) is 0 Å². The predicted octanol–water partition coefficient (Wildman–Crippen LogP) is 2.57. The van der Waals surface area contributed by atoms with Gasteiger partial charge in [-0.15, -0.1) is 0 Å². The summed E-state index contributed by atoms with van der Waals surface area (Å²) in [4.78, 5) is 27.8. The average molecular weight is 450 g/mol. The van der Waals surface area contributed by atoms with Crippen LogP contribution in [0.15, 0.2) is 35.2 Å². The maximum Gasteiger partial charge on any atom is 0.409 e. The zero-order chi connectivity index (χ0) is 22.3. The maximum atomic E-state index is 12.8. The number of amides is 2. The van der Waals surface area contributed by atoms with Crippen LogP contribution in [0.25, 0.3) is 6.08 Å². The number of sulfonamides is 1. The van der Waals surface area contributed by atoms with E-state index in [9.17, 15) is 18.0 Å². The number of nitrogens with zero attached hydrogens (tertiary/aromatic N) is 3. The van der Waals surface area contributed by atoms with E-state index in [-0.39, 0.29) is 16.9 Å². The number of ether oxygens (including phenoxy) is 1. The monoisotopic (exact) mass is 449 g/mol. The molecule has 2 heterocycles. The first-order valence-electron chi connectivity index (χ1n) is 10.9. The topological polar surface area (TPSA) is 87.2 Å². The molecule has 2 amide bonds. The smallest absolute Gasteiger partial charge is 0.409 e. The Hall–Kier alpha value is -2.39. The Kier molecular flexibility index (Phi) is 8.09. The van der Waals surface area contributed by atoms with Crippen LogP contribution >= 0.6 is 0 Å². The maximum absolute atomic E-state index is 12.8. The van der Waals surface area contributed by atoms with Crippen molar-refractivity contribution in [2.45, 2.75) is 37.5 Å². The molecule has 8 nitrogen and oxygen atoms in total. The largest absolute Gasteiger partial charge is 0.450 e. The van der Waals surface area contributed by atoms with Gasteiger partial charge in [0.15, 0.2) is 0 Å². The van der Waals surface area contributed by atoms with E-state index in [2.05, 4.69) is 0 Å². The second kappa shape index (κ2) is 10.8. The summed E-state index contributed by atoms with van der Waals surface area (Å²) in [5.41, 5.74) is 0.758. The molecule has 31 heavy (non-hydrogen) atoms. The Morgan fingerprint density at radius 3 is 2.06 bits per heavy atom. The summed E-state index contributed by atoms with van der Waals surface area (Å²) in [6.45, 7) is 5.04. The third kappa shape index (κ3) is 6.07. The third-order valence-corrected chi connectivity index (χ3v) is 7.53. The van der Waals surface area contributed by atoms with Crippen molar-refractivity contribution in [2.24, 2.45) is 0 Å². The summed E-state index contributed by atoms with van der Waals surface area (Å²) in [5, 5.41) is 0. The molecule has 0 N–H and O–H groups in total. The fourth-order valence-electron chi connectivity index (χ4n) is 3.78. The van der Waals surface area contributed by atoms with Gasteiger partial charge in [0.05, 0.1) is 11.5 Å². The number of piperazine rings is 1. The van der Waals surface area contributed by atoms with Gasteiger partial charge in [-0.1, -0.05) is 25.0 Å². The molecule has 0 atom stereocenters. The van der Waals surface area contributed by atoms with Crippen LogP contribution in [0.1, 0.15) is 38.2 Å². The normalized spacial score (nSPS) is 18.7.